The molecule has 3 rings (SSSR count). The van der Waals surface area contributed by atoms with E-state index in [1.807, 2.05) is 11.3 Å². The second-order valence-electron chi connectivity index (χ2n) is 3.78. The molecule has 1 fully saturated rings. The van der Waals surface area contributed by atoms with E-state index in [-0.39, 0.29) is 5.60 Å². The van der Waals surface area contributed by atoms with E-state index in [0.717, 1.165) is 32.5 Å². The van der Waals surface area contributed by atoms with Gasteiger partial charge in [-0.3, -0.25) is 0 Å². The summed E-state index contributed by atoms with van der Waals surface area (Å²) in [6, 6.07) is 2.24. The molecule has 1 atom stereocenters. The van der Waals surface area contributed by atoms with Crippen molar-refractivity contribution in [3.8, 4) is 0 Å². The van der Waals surface area contributed by atoms with Crippen LogP contribution in [0.1, 0.15) is 16.9 Å². The summed E-state index contributed by atoms with van der Waals surface area (Å²) in [5.74, 6) is 0. The third-order valence-electron chi connectivity index (χ3n) is 3.06. The van der Waals surface area contributed by atoms with Crippen molar-refractivity contribution in [3.05, 3.63) is 21.9 Å². The lowest BCUT2D eigenvalue weighted by Crippen LogP contribution is -2.36. The minimum absolute atomic E-state index is 0.0353. The third-order valence-corrected chi connectivity index (χ3v) is 4.04. The van der Waals surface area contributed by atoms with Gasteiger partial charge in [0.1, 0.15) is 5.60 Å². The van der Waals surface area contributed by atoms with Gasteiger partial charge in [-0.2, -0.15) is 0 Å². The van der Waals surface area contributed by atoms with E-state index in [1.54, 1.807) is 0 Å². The molecule has 13 heavy (non-hydrogen) atoms. The van der Waals surface area contributed by atoms with Crippen LogP contribution in [-0.2, 0) is 16.8 Å². The molecule has 2 aliphatic rings. The number of ether oxygens (including phenoxy) is 1. The SMILES string of the molecule is c1cc2c(s1)CCO[C@@]21CCNC1. The highest BCUT2D eigenvalue weighted by Gasteiger charge is 2.40. The van der Waals surface area contributed by atoms with E-state index in [9.17, 15) is 0 Å². The number of nitrogens with one attached hydrogen (secondary N) is 1. The van der Waals surface area contributed by atoms with E-state index < -0.39 is 0 Å². The minimum Gasteiger partial charge on any atom is -0.368 e. The Bertz CT molecular complexity index is 314. The highest BCUT2D eigenvalue weighted by Crippen LogP contribution is 2.39. The van der Waals surface area contributed by atoms with Crippen molar-refractivity contribution >= 4 is 11.3 Å². The molecule has 0 saturated carbocycles. The zero-order valence-electron chi connectivity index (χ0n) is 7.51. The van der Waals surface area contributed by atoms with Crippen molar-refractivity contribution in [2.75, 3.05) is 19.7 Å². The smallest absolute Gasteiger partial charge is 0.108 e. The molecule has 0 bridgehead atoms. The van der Waals surface area contributed by atoms with E-state index in [2.05, 4.69) is 16.8 Å². The van der Waals surface area contributed by atoms with Crippen LogP contribution in [0.3, 0.4) is 0 Å². The van der Waals surface area contributed by atoms with Gasteiger partial charge in [-0.15, -0.1) is 11.3 Å². The maximum absolute atomic E-state index is 5.96. The van der Waals surface area contributed by atoms with Crippen molar-refractivity contribution < 1.29 is 4.74 Å². The van der Waals surface area contributed by atoms with Crippen molar-refractivity contribution in [3.63, 3.8) is 0 Å². The van der Waals surface area contributed by atoms with Crippen LogP contribution in [0.15, 0.2) is 11.4 Å². The Labute approximate surface area is 81.9 Å². The van der Waals surface area contributed by atoms with Crippen LogP contribution in [0.25, 0.3) is 0 Å². The van der Waals surface area contributed by atoms with Gasteiger partial charge in [0.15, 0.2) is 0 Å². The second kappa shape index (κ2) is 2.80. The van der Waals surface area contributed by atoms with Crippen LogP contribution in [-0.4, -0.2) is 19.7 Å². The molecule has 0 aromatic carbocycles. The summed E-state index contributed by atoms with van der Waals surface area (Å²) in [5, 5.41) is 5.59. The second-order valence-corrected chi connectivity index (χ2v) is 4.78. The molecule has 70 valence electrons. The van der Waals surface area contributed by atoms with Gasteiger partial charge >= 0.3 is 0 Å². The molecule has 1 aromatic heterocycles. The summed E-state index contributed by atoms with van der Waals surface area (Å²) < 4.78 is 5.96. The Morgan fingerprint density at radius 3 is 3.38 bits per heavy atom. The van der Waals surface area contributed by atoms with E-state index in [4.69, 9.17) is 4.74 Å². The average Bonchev–Trinajstić information content (AvgIpc) is 2.74. The van der Waals surface area contributed by atoms with Gasteiger partial charge in [-0.05, 0) is 30.0 Å². The van der Waals surface area contributed by atoms with Crippen LogP contribution in [0.5, 0.6) is 0 Å². The summed E-state index contributed by atoms with van der Waals surface area (Å²) in [4.78, 5) is 1.54. The first-order valence-corrected chi connectivity index (χ1v) is 5.70. The molecular formula is C10H13NOS. The fourth-order valence-electron chi connectivity index (χ4n) is 2.38. The molecule has 0 aliphatic carbocycles. The van der Waals surface area contributed by atoms with Gasteiger partial charge in [-0.25, -0.2) is 0 Å². The van der Waals surface area contributed by atoms with Crippen LogP contribution in [0.2, 0.25) is 0 Å². The van der Waals surface area contributed by atoms with Gasteiger partial charge in [0.05, 0.1) is 6.61 Å². The Kier molecular flexibility index (Phi) is 1.72. The Morgan fingerprint density at radius 2 is 2.54 bits per heavy atom. The standard InChI is InChI=1S/C10H13NOS/c1-5-12-10(3-4-11-7-10)8-2-6-13-9(1)8/h2,6,11H,1,3-5,7H2/t10-/m1/s1. The first-order valence-electron chi connectivity index (χ1n) is 4.82. The maximum Gasteiger partial charge on any atom is 0.108 e. The van der Waals surface area contributed by atoms with Crippen LogP contribution in [0.4, 0.5) is 0 Å². The van der Waals surface area contributed by atoms with Gasteiger partial charge < -0.3 is 10.1 Å². The molecule has 3 heteroatoms. The fourth-order valence-corrected chi connectivity index (χ4v) is 3.33. The zero-order valence-corrected chi connectivity index (χ0v) is 8.32. The molecule has 1 spiro atoms. The lowest BCUT2D eigenvalue weighted by molar-refractivity contribution is -0.0438. The predicted octanol–water partition coefficient (Wildman–Crippen LogP) is 1.51. The first-order chi connectivity index (χ1) is 6.41. The van der Waals surface area contributed by atoms with Gasteiger partial charge in [0, 0.05) is 17.8 Å². The van der Waals surface area contributed by atoms with E-state index in [1.165, 1.54) is 10.4 Å². The summed E-state index contributed by atoms with van der Waals surface area (Å²) in [6.45, 7) is 2.99. The number of hydrogen-bond acceptors (Lipinski definition) is 3. The number of thiophene rings is 1. The summed E-state index contributed by atoms with van der Waals surface area (Å²) in [7, 11) is 0. The van der Waals surface area contributed by atoms with Gasteiger partial charge in [0.2, 0.25) is 0 Å². The molecule has 3 heterocycles. The zero-order chi connectivity index (χ0) is 8.73. The molecule has 1 saturated heterocycles. The number of fused-ring (bicyclic) bond motifs is 2. The predicted molar refractivity (Wildman–Crippen MR) is 53.1 cm³/mol. The van der Waals surface area contributed by atoms with Crippen molar-refractivity contribution in [1.82, 2.24) is 5.32 Å². The molecule has 1 N–H and O–H groups in total. The molecule has 0 unspecified atom stereocenters. The lowest BCUT2D eigenvalue weighted by Gasteiger charge is -2.33. The lowest BCUT2D eigenvalue weighted by atomic mass is 9.90. The highest BCUT2D eigenvalue weighted by atomic mass is 32.1. The summed E-state index contributed by atoms with van der Waals surface area (Å²) in [5.41, 5.74) is 1.49. The molecule has 0 radical (unpaired) electrons. The normalized spacial score (nSPS) is 32.3. The third kappa shape index (κ3) is 1.08. The van der Waals surface area contributed by atoms with Gasteiger partial charge in [0.25, 0.3) is 0 Å². The maximum atomic E-state index is 5.96. The largest absolute Gasteiger partial charge is 0.368 e. The molecular weight excluding hydrogens is 182 g/mol. The molecule has 2 nitrogen and oxygen atoms in total. The van der Waals surface area contributed by atoms with E-state index >= 15 is 0 Å². The molecule has 2 aliphatic heterocycles. The molecule has 0 amide bonds. The first kappa shape index (κ1) is 7.97. The minimum atomic E-state index is 0.0353. The van der Waals surface area contributed by atoms with Gasteiger partial charge in [-0.1, -0.05) is 0 Å². The van der Waals surface area contributed by atoms with E-state index in [0.29, 0.717) is 0 Å². The fraction of sp³-hybridized carbons (Fsp3) is 0.600. The Morgan fingerprint density at radius 1 is 1.54 bits per heavy atom. The summed E-state index contributed by atoms with van der Waals surface area (Å²) in [6.07, 6.45) is 2.24. The number of hydrogen-bond donors (Lipinski definition) is 1. The quantitative estimate of drug-likeness (QED) is 0.677. The van der Waals surface area contributed by atoms with Crippen molar-refractivity contribution in [2.45, 2.75) is 18.4 Å². The highest BCUT2D eigenvalue weighted by molar-refractivity contribution is 7.10. The van der Waals surface area contributed by atoms with Crippen LogP contribution < -0.4 is 5.32 Å². The van der Waals surface area contributed by atoms with Crippen molar-refractivity contribution in [2.24, 2.45) is 0 Å². The topological polar surface area (TPSA) is 21.3 Å². The van der Waals surface area contributed by atoms with Crippen LogP contribution in [0, 0.1) is 0 Å². The number of rotatable bonds is 0. The summed E-state index contributed by atoms with van der Waals surface area (Å²) >= 11 is 1.88. The Hall–Kier alpha value is -0.380. The van der Waals surface area contributed by atoms with Crippen LogP contribution >= 0.6 is 11.3 Å². The average molecular weight is 195 g/mol. The Balaban J connectivity index is 2.08. The van der Waals surface area contributed by atoms with Crippen molar-refractivity contribution in [1.29, 1.82) is 0 Å². The molecule has 1 aromatic rings. The monoisotopic (exact) mass is 195 g/mol.